The fraction of sp³-hybridized carbons (Fsp3) is 0.269. The fourth-order valence-corrected chi connectivity index (χ4v) is 3.98. The van der Waals surface area contributed by atoms with Crippen LogP contribution in [0.1, 0.15) is 23.2 Å². The van der Waals surface area contributed by atoms with Gasteiger partial charge in [-0.2, -0.15) is 4.98 Å². The topological polar surface area (TPSA) is 130 Å². The molecule has 0 aliphatic heterocycles. The summed E-state index contributed by atoms with van der Waals surface area (Å²) in [6.45, 7) is 3.72. The molecule has 2 aromatic carbocycles. The van der Waals surface area contributed by atoms with E-state index in [1.165, 1.54) is 5.56 Å². The van der Waals surface area contributed by atoms with Crippen LogP contribution in [0.2, 0.25) is 0 Å². The molecule has 35 heavy (non-hydrogen) atoms. The molecule has 0 aliphatic rings. The maximum absolute atomic E-state index is 12.7. The molecule has 0 radical (unpaired) electrons. The van der Waals surface area contributed by atoms with Crippen LogP contribution in [0, 0.1) is 0 Å². The van der Waals surface area contributed by atoms with Crippen LogP contribution in [0.5, 0.6) is 0 Å². The minimum Gasteiger partial charge on any atom is -0.370 e. The number of hydrogen-bond donors (Lipinski definition) is 4. The first-order valence-corrected chi connectivity index (χ1v) is 11.7. The Morgan fingerprint density at radius 3 is 2.60 bits per heavy atom. The third kappa shape index (κ3) is 6.78. The lowest BCUT2D eigenvalue weighted by atomic mass is 10.2. The second-order valence-electron chi connectivity index (χ2n) is 8.65. The van der Waals surface area contributed by atoms with Gasteiger partial charge in [-0.1, -0.05) is 42.5 Å². The van der Waals surface area contributed by atoms with Crippen LogP contribution < -0.4 is 22.5 Å². The van der Waals surface area contributed by atoms with E-state index < -0.39 is 0 Å². The number of rotatable bonds is 11. The van der Waals surface area contributed by atoms with E-state index in [4.69, 9.17) is 11.5 Å². The highest BCUT2D eigenvalue weighted by Crippen LogP contribution is 2.16. The summed E-state index contributed by atoms with van der Waals surface area (Å²) >= 11 is 0. The minimum absolute atomic E-state index is 0.120. The van der Waals surface area contributed by atoms with Crippen LogP contribution >= 0.6 is 0 Å². The molecule has 0 aliphatic carbocycles. The number of fused-ring (bicyclic) bond motifs is 1. The molecular formula is C26H32N8O. The molecule has 182 valence electrons. The van der Waals surface area contributed by atoms with Gasteiger partial charge in [-0.25, -0.2) is 4.79 Å². The Balaban J connectivity index is 1.39. The lowest BCUT2D eigenvalue weighted by molar-refractivity contribution is 0.316. The molecule has 0 spiro atoms. The molecule has 0 saturated heterocycles. The van der Waals surface area contributed by atoms with E-state index >= 15 is 0 Å². The number of aromatic nitrogens is 3. The van der Waals surface area contributed by atoms with E-state index in [1.54, 1.807) is 4.57 Å². The third-order valence-corrected chi connectivity index (χ3v) is 5.65. The Morgan fingerprint density at radius 1 is 1.09 bits per heavy atom. The van der Waals surface area contributed by atoms with Gasteiger partial charge in [0.05, 0.1) is 5.69 Å². The van der Waals surface area contributed by atoms with Gasteiger partial charge in [0, 0.05) is 43.5 Å². The van der Waals surface area contributed by atoms with Gasteiger partial charge < -0.3 is 21.8 Å². The maximum atomic E-state index is 12.7. The van der Waals surface area contributed by atoms with Crippen LogP contribution in [-0.4, -0.2) is 45.5 Å². The van der Waals surface area contributed by atoms with E-state index in [9.17, 15) is 4.79 Å². The van der Waals surface area contributed by atoms with Gasteiger partial charge >= 0.3 is 5.69 Å². The Hall–Kier alpha value is -3.95. The first-order chi connectivity index (χ1) is 17.0. The molecular weight excluding hydrogens is 440 g/mol. The second kappa shape index (κ2) is 11.5. The smallest absolute Gasteiger partial charge is 0.354 e. The molecule has 0 unspecified atom stereocenters. The van der Waals surface area contributed by atoms with Gasteiger partial charge in [-0.15, -0.1) is 0 Å². The average molecular weight is 473 g/mol. The maximum Gasteiger partial charge on any atom is 0.354 e. The Labute approximate surface area is 204 Å². The molecule has 0 atom stereocenters. The average Bonchev–Trinajstić information content (AvgIpc) is 3.22. The van der Waals surface area contributed by atoms with Crippen molar-refractivity contribution in [1.29, 1.82) is 0 Å². The summed E-state index contributed by atoms with van der Waals surface area (Å²) < 4.78 is 1.58. The van der Waals surface area contributed by atoms with Crippen LogP contribution in [0.3, 0.4) is 0 Å². The van der Waals surface area contributed by atoms with E-state index in [1.807, 2.05) is 48.7 Å². The van der Waals surface area contributed by atoms with Gasteiger partial charge in [0.2, 0.25) is 0 Å². The predicted molar refractivity (Wildman–Crippen MR) is 140 cm³/mol. The number of nitrogens with zero attached hydrogens (tertiary/aromatic N) is 4. The molecule has 0 bridgehead atoms. The van der Waals surface area contributed by atoms with Crippen molar-refractivity contribution in [2.45, 2.75) is 26.1 Å². The molecule has 9 heteroatoms. The standard InChI is InChI=1S/C26H32N8O/c1-33(16-20-6-3-2-4-7-20)18-22-14-21-17-34(26(35)32-24(21)31-22)23-10-8-19(9-11-23)15-29-12-5-13-30-25(27)28/h2-4,6-11,14,17,29H,5,12-13,15-16,18H2,1H3,(H4,27,28,30)(H,31,32,35). The highest BCUT2D eigenvalue weighted by Gasteiger charge is 2.10. The largest absolute Gasteiger partial charge is 0.370 e. The highest BCUT2D eigenvalue weighted by atomic mass is 16.1. The van der Waals surface area contributed by atoms with E-state index in [2.05, 4.69) is 50.4 Å². The quantitative estimate of drug-likeness (QED) is 0.150. The molecule has 2 heterocycles. The molecule has 0 saturated carbocycles. The number of nitrogens with two attached hydrogens (primary N) is 2. The summed E-state index contributed by atoms with van der Waals surface area (Å²) in [5, 5.41) is 4.27. The summed E-state index contributed by atoms with van der Waals surface area (Å²) in [5.41, 5.74) is 15.1. The summed E-state index contributed by atoms with van der Waals surface area (Å²) in [5.74, 6) is 0.120. The summed E-state index contributed by atoms with van der Waals surface area (Å²) in [4.78, 5) is 26.4. The SMILES string of the molecule is CN(Cc1ccccc1)Cc1cc2cn(-c3ccc(CNCCCN=C(N)N)cc3)c(=O)nc2[nH]1. The molecule has 6 N–H and O–H groups in total. The van der Waals surface area contributed by atoms with Crippen molar-refractivity contribution in [3.63, 3.8) is 0 Å². The first-order valence-electron chi connectivity index (χ1n) is 11.7. The van der Waals surface area contributed by atoms with Crippen LogP contribution in [0.15, 0.2) is 76.6 Å². The summed E-state index contributed by atoms with van der Waals surface area (Å²) in [6.07, 6.45) is 2.70. The van der Waals surface area contributed by atoms with Crippen LogP contribution in [0.4, 0.5) is 0 Å². The van der Waals surface area contributed by atoms with Gasteiger partial charge in [-0.3, -0.25) is 14.5 Å². The van der Waals surface area contributed by atoms with Gasteiger partial charge in [0.1, 0.15) is 5.65 Å². The van der Waals surface area contributed by atoms with Crippen molar-refractivity contribution in [3.8, 4) is 5.69 Å². The fourth-order valence-electron chi connectivity index (χ4n) is 3.98. The van der Waals surface area contributed by atoms with Crippen molar-refractivity contribution >= 4 is 17.0 Å². The summed E-state index contributed by atoms with van der Waals surface area (Å²) in [7, 11) is 2.07. The number of H-pyrrole nitrogens is 1. The Morgan fingerprint density at radius 2 is 1.86 bits per heavy atom. The second-order valence-corrected chi connectivity index (χ2v) is 8.65. The number of aliphatic imine (C=N–C) groups is 1. The van der Waals surface area contributed by atoms with E-state index in [0.29, 0.717) is 12.2 Å². The monoisotopic (exact) mass is 472 g/mol. The zero-order chi connectivity index (χ0) is 24.6. The minimum atomic E-state index is -0.311. The number of hydrogen-bond acceptors (Lipinski definition) is 5. The highest BCUT2D eigenvalue weighted by molar-refractivity contribution is 5.76. The van der Waals surface area contributed by atoms with Crippen molar-refractivity contribution < 1.29 is 0 Å². The normalized spacial score (nSPS) is 11.3. The number of nitrogens with one attached hydrogen (secondary N) is 2. The lowest BCUT2D eigenvalue weighted by Crippen LogP contribution is -2.23. The van der Waals surface area contributed by atoms with Gasteiger partial charge in [0.15, 0.2) is 5.96 Å². The van der Waals surface area contributed by atoms with Gasteiger partial charge in [-0.05, 0) is 49.3 Å². The molecule has 0 amide bonds. The Bertz CT molecular complexity index is 1320. The first kappa shape index (κ1) is 24.2. The van der Waals surface area contributed by atoms with E-state index in [-0.39, 0.29) is 11.6 Å². The number of aromatic amines is 1. The molecule has 4 aromatic rings. The van der Waals surface area contributed by atoms with E-state index in [0.717, 1.165) is 54.9 Å². The molecule has 4 rings (SSSR count). The van der Waals surface area contributed by atoms with Crippen molar-refractivity contribution in [3.05, 3.63) is 94.2 Å². The van der Waals surface area contributed by atoms with Gasteiger partial charge in [0.25, 0.3) is 0 Å². The van der Waals surface area contributed by atoms with Crippen LogP contribution in [-0.2, 0) is 19.6 Å². The zero-order valence-corrected chi connectivity index (χ0v) is 19.9. The number of benzene rings is 2. The van der Waals surface area contributed by atoms with Crippen LogP contribution in [0.25, 0.3) is 16.7 Å². The Kier molecular flexibility index (Phi) is 7.92. The van der Waals surface area contributed by atoms with Crippen molar-refractivity contribution in [2.24, 2.45) is 16.5 Å². The predicted octanol–water partition coefficient (Wildman–Crippen LogP) is 2.10. The number of guanidine groups is 1. The van der Waals surface area contributed by atoms with Crippen molar-refractivity contribution in [2.75, 3.05) is 20.1 Å². The molecule has 9 nitrogen and oxygen atoms in total. The summed E-state index contributed by atoms with van der Waals surface area (Å²) in [6, 6.07) is 20.3. The molecule has 0 fully saturated rings. The zero-order valence-electron chi connectivity index (χ0n) is 19.9. The molecule has 2 aromatic heterocycles. The lowest BCUT2D eigenvalue weighted by Gasteiger charge is -2.15. The van der Waals surface area contributed by atoms with Crippen molar-refractivity contribution in [1.82, 2.24) is 24.8 Å². The third-order valence-electron chi connectivity index (χ3n) is 5.65.